The molecule has 1 aromatic rings. The summed E-state index contributed by atoms with van der Waals surface area (Å²) < 4.78 is 5.93. The maximum absolute atomic E-state index is 12.3. The number of aromatic nitrogens is 1. The summed E-state index contributed by atoms with van der Waals surface area (Å²) in [4.78, 5) is 17.0. The molecule has 1 aliphatic heterocycles. The molecular formula is C14H23N3O2S. The molecule has 2 heterocycles. The van der Waals surface area contributed by atoms with E-state index < -0.39 is 0 Å². The molecule has 5 nitrogen and oxygen atoms in total. The van der Waals surface area contributed by atoms with E-state index >= 15 is 0 Å². The fourth-order valence-electron chi connectivity index (χ4n) is 2.77. The zero-order chi connectivity index (χ0) is 14.8. The van der Waals surface area contributed by atoms with Gasteiger partial charge < -0.3 is 15.8 Å². The third-order valence-electron chi connectivity index (χ3n) is 4.14. The molecule has 1 aromatic heterocycles. The first kappa shape index (κ1) is 15.3. The van der Waals surface area contributed by atoms with Gasteiger partial charge in [0.05, 0.1) is 11.3 Å². The van der Waals surface area contributed by atoms with Gasteiger partial charge in [0.15, 0.2) is 5.13 Å². The van der Waals surface area contributed by atoms with Crippen LogP contribution in [0.5, 0.6) is 0 Å². The summed E-state index contributed by atoms with van der Waals surface area (Å²) in [6.07, 6.45) is 3.69. The van der Waals surface area contributed by atoms with E-state index in [0.717, 1.165) is 25.7 Å². The highest BCUT2D eigenvalue weighted by atomic mass is 32.1. The van der Waals surface area contributed by atoms with Crippen molar-refractivity contribution in [1.82, 2.24) is 10.3 Å². The zero-order valence-corrected chi connectivity index (χ0v) is 13.2. The van der Waals surface area contributed by atoms with Gasteiger partial charge in [-0.25, -0.2) is 4.98 Å². The van der Waals surface area contributed by atoms with Gasteiger partial charge in [-0.3, -0.25) is 4.79 Å². The van der Waals surface area contributed by atoms with Crippen LogP contribution >= 0.6 is 11.3 Å². The minimum atomic E-state index is -0.0853. The van der Waals surface area contributed by atoms with Crippen LogP contribution in [0.15, 0.2) is 0 Å². The topological polar surface area (TPSA) is 77.2 Å². The number of anilines is 1. The second kappa shape index (κ2) is 6.10. The minimum Gasteiger partial charge on any atom is -0.375 e. The van der Waals surface area contributed by atoms with E-state index in [1.807, 2.05) is 6.92 Å². The lowest BCUT2D eigenvalue weighted by atomic mass is 9.86. The Balaban J connectivity index is 2.03. The standard InChI is InChI=1S/C14H23N3O2S/c1-4-14(5-2)8-10(6-7-19-14)17-12(18)11-9(3)16-13(15)20-11/h10H,4-8H2,1-3H3,(H2,15,16)(H,17,18). The smallest absolute Gasteiger partial charge is 0.263 e. The summed E-state index contributed by atoms with van der Waals surface area (Å²) in [7, 11) is 0. The van der Waals surface area contributed by atoms with Crippen LogP contribution in [0.25, 0.3) is 0 Å². The largest absolute Gasteiger partial charge is 0.375 e. The molecular weight excluding hydrogens is 274 g/mol. The maximum atomic E-state index is 12.3. The van der Waals surface area contributed by atoms with Gasteiger partial charge in [0.2, 0.25) is 0 Å². The van der Waals surface area contributed by atoms with Gasteiger partial charge in [0, 0.05) is 12.6 Å². The van der Waals surface area contributed by atoms with Crippen molar-refractivity contribution in [2.75, 3.05) is 12.3 Å². The Bertz CT molecular complexity index is 483. The number of aryl methyl sites for hydroxylation is 1. The Hall–Kier alpha value is -1.14. The van der Waals surface area contributed by atoms with Crippen LogP contribution < -0.4 is 11.1 Å². The SMILES string of the molecule is CCC1(CC)CC(NC(=O)c2sc(N)nc2C)CCO1. The molecule has 1 fully saturated rings. The third kappa shape index (κ3) is 3.12. The van der Waals surface area contributed by atoms with Crippen molar-refractivity contribution >= 4 is 22.4 Å². The van der Waals surface area contributed by atoms with Crippen LogP contribution in [0.3, 0.4) is 0 Å². The second-order valence-electron chi connectivity index (χ2n) is 5.37. The van der Waals surface area contributed by atoms with Crippen molar-refractivity contribution in [3.05, 3.63) is 10.6 Å². The van der Waals surface area contributed by atoms with E-state index in [2.05, 4.69) is 24.1 Å². The molecule has 2 rings (SSSR count). The van der Waals surface area contributed by atoms with Crippen molar-refractivity contribution in [2.45, 2.75) is 58.1 Å². The third-order valence-corrected chi connectivity index (χ3v) is 5.12. The van der Waals surface area contributed by atoms with E-state index in [4.69, 9.17) is 10.5 Å². The number of amides is 1. The molecule has 1 amide bonds. The molecule has 1 aliphatic rings. The Morgan fingerprint density at radius 1 is 1.55 bits per heavy atom. The molecule has 112 valence electrons. The van der Waals surface area contributed by atoms with Gasteiger partial charge in [-0.1, -0.05) is 25.2 Å². The monoisotopic (exact) mass is 297 g/mol. The first-order valence-corrected chi connectivity index (χ1v) is 7.99. The number of nitrogens with two attached hydrogens (primary N) is 1. The summed E-state index contributed by atoms with van der Waals surface area (Å²) in [5.41, 5.74) is 6.26. The van der Waals surface area contributed by atoms with Gasteiger partial charge in [-0.2, -0.15) is 0 Å². The summed E-state index contributed by atoms with van der Waals surface area (Å²) in [5.74, 6) is -0.0651. The number of hydrogen-bond donors (Lipinski definition) is 2. The Morgan fingerprint density at radius 3 is 2.80 bits per heavy atom. The van der Waals surface area contributed by atoms with Crippen LogP contribution in [0.1, 0.15) is 54.9 Å². The first-order chi connectivity index (χ1) is 9.49. The average molecular weight is 297 g/mol. The number of rotatable bonds is 4. The Kier molecular flexibility index (Phi) is 4.65. The molecule has 0 saturated carbocycles. The average Bonchev–Trinajstić information content (AvgIpc) is 2.78. The van der Waals surface area contributed by atoms with Crippen LogP contribution in [0, 0.1) is 6.92 Å². The number of carbonyl (C=O) groups is 1. The molecule has 1 saturated heterocycles. The molecule has 0 bridgehead atoms. The molecule has 6 heteroatoms. The molecule has 20 heavy (non-hydrogen) atoms. The summed E-state index contributed by atoms with van der Waals surface area (Å²) in [6.45, 7) is 6.80. The van der Waals surface area contributed by atoms with Crippen molar-refractivity contribution < 1.29 is 9.53 Å². The van der Waals surface area contributed by atoms with Crippen LogP contribution in [-0.2, 0) is 4.74 Å². The molecule has 1 atom stereocenters. The lowest BCUT2D eigenvalue weighted by Gasteiger charge is -2.40. The second-order valence-corrected chi connectivity index (χ2v) is 6.40. The number of nitrogens with one attached hydrogen (secondary N) is 1. The van der Waals surface area contributed by atoms with E-state index in [0.29, 0.717) is 22.3 Å². The lowest BCUT2D eigenvalue weighted by molar-refractivity contribution is -0.0917. The number of ether oxygens (including phenoxy) is 1. The summed E-state index contributed by atoms with van der Waals surface area (Å²) >= 11 is 1.25. The van der Waals surface area contributed by atoms with Crippen molar-refractivity contribution in [3.63, 3.8) is 0 Å². The fourth-order valence-corrected chi connectivity index (χ4v) is 3.51. The number of nitrogen functional groups attached to an aromatic ring is 1. The van der Waals surface area contributed by atoms with Gasteiger partial charge in [-0.05, 0) is 32.6 Å². The van der Waals surface area contributed by atoms with Crippen LogP contribution in [0.4, 0.5) is 5.13 Å². The van der Waals surface area contributed by atoms with Gasteiger partial charge in [0.1, 0.15) is 4.88 Å². The fraction of sp³-hybridized carbons (Fsp3) is 0.714. The molecule has 3 N–H and O–H groups in total. The van der Waals surface area contributed by atoms with E-state index in [-0.39, 0.29) is 17.6 Å². The summed E-state index contributed by atoms with van der Waals surface area (Å²) in [5, 5.41) is 3.55. The highest BCUT2D eigenvalue weighted by molar-refractivity contribution is 7.17. The predicted octanol–water partition coefficient (Wildman–Crippen LogP) is 2.50. The van der Waals surface area contributed by atoms with E-state index in [1.165, 1.54) is 11.3 Å². The van der Waals surface area contributed by atoms with Gasteiger partial charge >= 0.3 is 0 Å². The normalized spacial score (nSPS) is 21.6. The van der Waals surface area contributed by atoms with E-state index in [9.17, 15) is 4.79 Å². The van der Waals surface area contributed by atoms with Crippen molar-refractivity contribution in [2.24, 2.45) is 0 Å². The zero-order valence-electron chi connectivity index (χ0n) is 12.4. The van der Waals surface area contributed by atoms with Gasteiger partial charge in [-0.15, -0.1) is 0 Å². The lowest BCUT2D eigenvalue weighted by Crippen LogP contribution is -2.48. The Labute approximate surface area is 123 Å². The quantitative estimate of drug-likeness (QED) is 0.895. The maximum Gasteiger partial charge on any atom is 0.263 e. The number of carbonyl (C=O) groups excluding carboxylic acids is 1. The predicted molar refractivity (Wildman–Crippen MR) is 81.0 cm³/mol. The molecule has 0 aliphatic carbocycles. The first-order valence-electron chi connectivity index (χ1n) is 7.17. The highest BCUT2D eigenvalue weighted by Gasteiger charge is 2.35. The van der Waals surface area contributed by atoms with Crippen LogP contribution in [0.2, 0.25) is 0 Å². The van der Waals surface area contributed by atoms with E-state index in [1.54, 1.807) is 0 Å². The molecule has 0 spiro atoms. The molecule has 0 radical (unpaired) electrons. The van der Waals surface area contributed by atoms with Crippen LogP contribution in [-0.4, -0.2) is 29.1 Å². The number of nitrogens with zero attached hydrogens (tertiary/aromatic N) is 1. The Morgan fingerprint density at radius 2 is 2.25 bits per heavy atom. The van der Waals surface area contributed by atoms with Gasteiger partial charge in [0.25, 0.3) is 5.91 Å². The minimum absolute atomic E-state index is 0.0651. The number of thiazole rings is 1. The van der Waals surface area contributed by atoms with Crippen molar-refractivity contribution in [1.29, 1.82) is 0 Å². The molecule has 0 aromatic carbocycles. The highest BCUT2D eigenvalue weighted by Crippen LogP contribution is 2.31. The number of hydrogen-bond acceptors (Lipinski definition) is 5. The summed E-state index contributed by atoms with van der Waals surface area (Å²) in [6, 6.07) is 0.166. The van der Waals surface area contributed by atoms with Crippen molar-refractivity contribution in [3.8, 4) is 0 Å². The molecule has 1 unspecified atom stereocenters.